The molecule has 5 rings (SSSR count). The minimum Gasteiger partial charge on any atom is -0.381 e. The molecule has 0 bridgehead atoms. The fourth-order valence-electron chi connectivity index (χ4n) is 5.94. The lowest BCUT2D eigenvalue weighted by molar-refractivity contribution is 0.185. The number of anilines is 2. The summed E-state index contributed by atoms with van der Waals surface area (Å²) in [7, 11) is 3.53. The predicted octanol–water partition coefficient (Wildman–Crippen LogP) is 4.11. The molecule has 1 atom stereocenters. The van der Waals surface area contributed by atoms with Gasteiger partial charge in [0.25, 0.3) is 5.56 Å². The maximum atomic E-state index is 13.7. The number of hydrogen-bond donors (Lipinski definition) is 0. The largest absolute Gasteiger partial charge is 0.381 e. The maximum absolute atomic E-state index is 13.7. The lowest BCUT2D eigenvalue weighted by Crippen LogP contribution is -2.45. The van der Waals surface area contributed by atoms with E-state index in [1.165, 1.54) is 16.7 Å². The first kappa shape index (κ1) is 25.7. The van der Waals surface area contributed by atoms with Crippen LogP contribution in [0.15, 0.2) is 41.2 Å². The van der Waals surface area contributed by atoms with Crippen molar-refractivity contribution in [2.24, 2.45) is 13.0 Å². The molecule has 2 fully saturated rings. The van der Waals surface area contributed by atoms with Gasteiger partial charge in [0, 0.05) is 50.9 Å². The third-order valence-corrected chi connectivity index (χ3v) is 8.09. The number of nitrogens with zero attached hydrogens (tertiary/aromatic N) is 6. The Labute approximate surface area is 221 Å². The molecule has 2 aromatic heterocycles. The average molecular weight is 515 g/mol. The number of halogens is 1. The van der Waals surface area contributed by atoms with Crippen LogP contribution in [-0.2, 0) is 11.8 Å². The molecule has 1 aliphatic heterocycles. The number of aryl methyl sites for hydroxylation is 1. The van der Waals surface area contributed by atoms with Crippen molar-refractivity contribution in [3.63, 3.8) is 0 Å². The summed E-state index contributed by atoms with van der Waals surface area (Å²) in [5.41, 5.74) is 2.50. The van der Waals surface area contributed by atoms with E-state index in [2.05, 4.69) is 22.0 Å². The summed E-state index contributed by atoms with van der Waals surface area (Å²) < 4.78 is 20.7. The average Bonchev–Trinajstić information content (AvgIpc) is 3.47. The number of rotatable bonds is 6. The van der Waals surface area contributed by atoms with Gasteiger partial charge in [0.15, 0.2) is 0 Å². The summed E-state index contributed by atoms with van der Waals surface area (Å²) in [5.74, 6) is 0.205. The first-order valence-electron chi connectivity index (χ1n) is 13.1. The molecule has 1 aliphatic carbocycles. The fraction of sp³-hybridized carbons (Fsp3) is 0.448. The molecule has 3 aromatic rings. The fourth-order valence-corrected chi connectivity index (χ4v) is 5.94. The highest BCUT2D eigenvalue weighted by Crippen LogP contribution is 2.35. The number of aromatic nitrogens is 2. The Morgan fingerprint density at radius 3 is 2.39 bits per heavy atom. The topological polar surface area (TPSA) is 98.2 Å². The molecule has 0 amide bonds. The highest BCUT2D eigenvalue weighted by atomic mass is 19.1. The molecule has 1 saturated carbocycles. The zero-order valence-corrected chi connectivity index (χ0v) is 21.7. The van der Waals surface area contributed by atoms with E-state index in [4.69, 9.17) is 4.74 Å². The second-order valence-corrected chi connectivity index (χ2v) is 10.3. The quantitative estimate of drug-likeness (QED) is 0.488. The van der Waals surface area contributed by atoms with Gasteiger partial charge < -0.3 is 19.1 Å². The number of ether oxygens (including phenoxy) is 1. The third-order valence-electron chi connectivity index (χ3n) is 8.09. The van der Waals surface area contributed by atoms with Gasteiger partial charge in [0.05, 0.1) is 17.8 Å². The van der Waals surface area contributed by atoms with Crippen molar-refractivity contribution in [3.05, 3.63) is 63.8 Å². The van der Waals surface area contributed by atoms with Crippen molar-refractivity contribution in [1.29, 1.82) is 10.5 Å². The number of pyridine rings is 2. The zero-order chi connectivity index (χ0) is 26.8. The van der Waals surface area contributed by atoms with E-state index < -0.39 is 0 Å². The summed E-state index contributed by atoms with van der Waals surface area (Å²) in [6.45, 7) is 2.41. The monoisotopic (exact) mass is 514 g/mol. The molecule has 9 heteroatoms. The van der Waals surface area contributed by atoms with Crippen LogP contribution < -0.4 is 15.4 Å². The van der Waals surface area contributed by atoms with E-state index in [-0.39, 0.29) is 28.7 Å². The Kier molecular flexibility index (Phi) is 7.31. The van der Waals surface area contributed by atoms with Gasteiger partial charge in [-0.15, -0.1) is 0 Å². The van der Waals surface area contributed by atoms with Gasteiger partial charge in [0.2, 0.25) is 0 Å². The van der Waals surface area contributed by atoms with Crippen molar-refractivity contribution in [2.45, 2.75) is 44.2 Å². The minimum atomic E-state index is -0.372. The van der Waals surface area contributed by atoms with Crippen molar-refractivity contribution >= 4 is 22.4 Å². The molecule has 1 saturated heterocycles. The van der Waals surface area contributed by atoms with Crippen LogP contribution in [0.2, 0.25) is 0 Å². The SMILES string of the molecule is Cn1c(=O)c(C#N)c(N(C)[C@H]2CC[C@@H](N(CC3CCOC3)c3ccc(F)cc3)CC2)c2nc(C#N)ccc21. The maximum Gasteiger partial charge on any atom is 0.270 e. The Morgan fingerprint density at radius 2 is 1.76 bits per heavy atom. The number of fused-ring (bicyclic) bond motifs is 1. The lowest BCUT2D eigenvalue weighted by atomic mass is 9.88. The van der Waals surface area contributed by atoms with Gasteiger partial charge >= 0.3 is 0 Å². The molecule has 38 heavy (non-hydrogen) atoms. The van der Waals surface area contributed by atoms with E-state index in [9.17, 15) is 19.7 Å². The van der Waals surface area contributed by atoms with Gasteiger partial charge in [-0.1, -0.05) is 0 Å². The Bertz CT molecular complexity index is 1460. The van der Waals surface area contributed by atoms with Crippen LogP contribution in [0.4, 0.5) is 15.8 Å². The molecular formula is C29H31FN6O2. The Morgan fingerprint density at radius 1 is 1.05 bits per heavy atom. The standard InChI is InChI=1S/C29H31FN6O2/c1-34(28-25(16-32)29(37)35(2)26-12-5-21(15-31)33-27(26)28)22-8-10-24(11-9-22)36(17-19-13-14-38-18-19)23-6-3-20(30)4-7-23/h3-7,12,19,22,24H,8-11,13-14,17-18H2,1-2H3/t19?,22-,24+. The van der Waals surface area contributed by atoms with Gasteiger partial charge in [-0.3, -0.25) is 4.79 Å². The molecule has 1 unspecified atom stereocenters. The molecule has 8 nitrogen and oxygen atoms in total. The first-order valence-corrected chi connectivity index (χ1v) is 13.1. The van der Waals surface area contributed by atoms with E-state index in [0.717, 1.165) is 57.6 Å². The lowest BCUT2D eigenvalue weighted by Gasteiger charge is -2.42. The van der Waals surface area contributed by atoms with E-state index in [0.29, 0.717) is 28.7 Å². The van der Waals surface area contributed by atoms with E-state index in [1.807, 2.05) is 24.1 Å². The van der Waals surface area contributed by atoms with Crippen LogP contribution in [0.1, 0.15) is 43.4 Å². The van der Waals surface area contributed by atoms with Crippen LogP contribution >= 0.6 is 0 Å². The van der Waals surface area contributed by atoms with Crippen LogP contribution in [0.3, 0.4) is 0 Å². The first-order chi connectivity index (χ1) is 18.4. The van der Waals surface area contributed by atoms with Gasteiger partial charge in [-0.05, 0) is 68.5 Å². The van der Waals surface area contributed by atoms with Gasteiger partial charge in [0.1, 0.15) is 34.7 Å². The summed E-state index contributed by atoms with van der Waals surface area (Å²) in [6.07, 6.45) is 4.59. The van der Waals surface area contributed by atoms with Crippen molar-refractivity contribution in [1.82, 2.24) is 9.55 Å². The van der Waals surface area contributed by atoms with Crippen molar-refractivity contribution < 1.29 is 9.13 Å². The number of hydrogen-bond acceptors (Lipinski definition) is 7. The molecule has 2 aliphatic rings. The molecule has 196 valence electrons. The molecule has 1 aromatic carbocycles. The number of nitriles is 2. The molecular weight excluding hydrogens is 483 g/mol. The minimum absolute atomic E-state index is 0.0429. The van der Waals surface area contributed by atoms with Crippen LogP contribution in [0.5, 0.6) is 0 Å². The van der Waals surface area contributed by atoms with Crippen LogP contribution in [0, 0.1) is 34.4 Å². The van der Waals surface area contributed by atoms with Crippen LogP contribution in [0.25, 0.3) is 11.0 Å². The summed E-state index contributed by atoms with van der Waals surface area (Å²) in [4.78, 5) is 22.0. The predicted molar refractivity (Wildman–Crippen MR) is 144 cm³/mol. The van der Waals surface area contributed by atoms with Gasteiger partial charge in [-0.2, -0.15) is 10.5 Å². The second-order valence-electron chi connectivity index (χ2n) is 10.3. The normalized spacial score (nSPS) is 21.1. The second kappa shape index (κ2) is 10.8. The van der Waals surface area contributed by atoms with E-state index in [1.54, 1.807) is 19.2 Å². The Hall–Kier alpha value is -3.95. The van der Waals surface area contributed by atoms with Gasteiger partial charge in [-0.25, -0.2) is 9.37 Å². The molecule has 3 heterocycles. The van der Waals surface area contributed by atoms with Crippen LogP contribution in [-0.4, -0.2) is 48.4 Å². The highest BCUT2D eigenvalue weighted by molar-refractivity contribution is 5.92. The summed E-state index contributed by atoms with van der Waals surface area (Å²) >= 11 is 0. The summed E-state index contributed by atoms with van der Waals surface area (Å²) in [5, 5.41) is 19.4. The molecule has 0 spiro atoms. The third kappa shape index (κ3) is 4.82. The van der Waals surface area contributed by atoms with Crippen molar-refractivity contribution in [2.75, 3.05) is 36.6 Å². The molecule has 0 radical (unpaired) electrons. The Balaban J connectivity index is 1.42. The highest BCUT2D eigenvalue weighted by Gasteiger charge is 2.32. The summed E-state index contributed by atoms with van der Waals surface area (Å²) in [6, 6.07) is 14.6. The number of benzene rings is 1. The molecule has 0 N–H and O–H groups in total. The smallest absolute Gasteiger partial charge is 0.270 e. The van der Waals surface area contributed by atoms with E-state index >= 15 is 0 Å². The zero-order valence-electron chi connectivity index (χ0n) is 21.7. The van der Waals surface area contributed by atoms with Crippen molar-refractivity contribution in [3.8, 4) is 12.1 Å².